The van der Waals surface area contributed by atoms with Crippen molar-refractivity contribution in [1.82, 2.24) is 10.2 Å². The van der Waals surface area contributed by atoms with E-state index >= 15 is 0 Å². The van der Waals surface area contributed by atoms with Gasteiger partial charge in [0, 0.05) is 12.2 Å². The van der Waals surface area contributed by atoms with Gasteiger partial charge in [-0.05, 0) is 61.3 Å². The van der Waals surface area contributed by atoms with E-state index < -0.39 is 0 Å². The number of likely N-dealkylation sites (N-methyl/N-ethyl adjacent to an activating group) is 1. The predicted molar refractivity (Wildman–Crippen MR) is 123 cm³/mol. The molecule has 2 N–H and O–H groups in total. The molecule has 5 nitrogen and oxygen atoms in total. The smallest absolute Gasteiger partial charge is 0.243 e. The van der Waals surface area contributed by atoms with Gasteiger partial charge in [0.2, 0.25) is 11.8 Å². The van der Waals surface area contributed by atoms with Crippen molar-refractivity contribution < 1.29 is 9.59 Å². The van der Waals surface area contributed by atoms with E-state index in [1.165, 1.54) is 10.8 Å². The van der Waals surface area contributed by atoms with Crippen LogP contribution in [0.2, 0.25) is 0 Å². The van der Waals surface area contributed by atoms with Gasteiger partial charge < -0.3 is 10.6 Å². The Balaban J connectivity index is 1.48. The fourth-order valence-electron chi connectivity index (χ4n) is 3.75. The fraction of sp³-hybridized carbons (Fsp3) is 0.280. The highest BCUT2D eigenvalue weighted by molar-refractivity contribution is 5.96. The first-order chi connectivity index (χ1) is 14.3. The summed E-state index contributed by atoms with van der Waals surface area (Å²) < 4.78 is 0. The number of benzene rings is 3. The second kappa shape index (κ2) is 9.55. The van der Waals surface area contributed by atoms with Crippen molar-refractivity contribution in [3.63, 3.8) is 0 Å². The Bertz CT molecular complexity index is 1050. The second-order valence-electron chi connectivity index (χ2n) is 7.95. The Morgan fingerprint density at radius 2 is 1.53 bits per heavy atom. The highest BCUT2D eigenvalue weighted by Crippen LogP contribution is 2.21. The minimum Gasteiger partial charge on any atom is -0.346 e. The summed E-state index contributed by atoms with van der Waals surface area (Å²) in [5.74, 6) is -0.402. The van der Waals surface area contributed by atoms with Gasteiger partial charge in [-0.15, -0.1) is 0 Å². The summed E-state index contributed by atoms with van der Waals surface area (Å²) in [6.45, 7) is 6.80. The molecule has 0 saturated carbocycles. The molecule has 0 radical (unpaired) electrons. The third-order valence-corrected chi connectivity index (χ3v) is 5.07. The quantitative estimate of drug-likeness (QED) is 0.628. The van der Waals surface area contributed by atoms with Crippen LogP contribution in [0.4, 0.5) is 5.69 Å². The van der Waals surface area contributed by atoms with E-state index in [0.717, 1.165) is 27.9 Å². The summed E-state index contributed by atoms with van der Waals surface area (Å²) >= 11 is 0. The van der Waals surface area contributed by atoms with Gasteiger partial charge in [0.05, 0.1) is 13.1 Å². The zero-order valence-corrected chi connectivity index (χ0v) is 18.1. The summed E-state index contributed by atoms with van der Waals surface area (Å²) in [7, 11) is 1.90. The van der Waals surface area contributed by atoms with Crippen LogP contribution in [0.5, 0.6) is 0 Å². The van der Waals surface area contributed by atoms with Gasteiger partial charge in [0.25, 0.3) is 0 Å². The van der Waals surface area contributed by atoms with Crippen molar-refractivity contribution in [3.8, 4) is 0 Å². The van der Waals surface area contributed by atoms with Crippen molar-refractivity contribution in [2.75, 3.05) is 25.5 Å². The molecule has 3 aromatic rings. The van der Waals surface area contributed by atoms with Crippen molar-refractivity contribution >= 4 is 28.3 Å². The molecular weight excluding hydrogens is 374 g/mol. The van der Waals surface area contributed by atoms with E-state index in [0.29, 0.717) is 6.54 Å². The Morgan fingerprint density at radius 3 is 2.23 bits per heavy atom. The van der Waals surface area contributed by atoms with E-state index in [4.69, 9.17) is 0 Å². The van der Waals surface area contributed by atoms with Crippen LogP contribution < -0.4 is 10.6 Å². The molecule has 0 saturated heterocycles. The summed E-state index contributed by atoms with van der Waals surface area (Å²) in [4.78, 5) is 26.5. The summed E-state index contributed by atoms with van der Waals surface area (Å²) in [5, 5.41) is 8.00. The topological polar surface area (TPSA) is 61.4 Å². The molecule has 0 aliphatic carbocycles. The highest BCUT2D eigenvalue weighted by Gasteiger charge is 2.11. The SMILES string of the molecule is Cc1cc(C)c(NC(=O)CNC(=O)CN(C)Cc2ccc3ccccc3c2)c(C)c1. The van der Waals surface area contributed by atoms with Crippen LogP contribution in [0.3, 0.4) is 0 Å². The lowest BCUT2D eigenvalue weighted by Gasteiger charge is -2.17. The second-order valence-corrected chi connectivity index (χ2v) is 7.95. The molecule has 0 aliphatic heterocycles. The number of nitrogens with zero attached hydrogens (tertiary/aromatic N) is 1. The first kappa shape index (κ1) is 21.5. The molecular formula is C25H29N3O2. The number of carbonyl (C=O) groups is 2. The van der Waals surface area contributed by atoms with Gasteiger partial charge in [0.15, 0.2) is 0 Å². The fourth-order valence-corrected chi connectivity index (χ4v) is 3.75. The lowest BCUT2D eigenvalue weighted by atomic mass is 10.1. The molecule has 0 unspecified atom stereocenters. The van der Waals surface area contributed by atoms with Gasteiger partial charge in [-0.2, -0.15) is 0 Å². The molecule has 3 rings (SSSR count). The summed E-state index contributed by atoms with van der Waals surface area (Å²) in [5.41, 5.74) is 5.15. The van der Waals surface area contributed by atoms with Crippen LogP contribution in [-0.4, -0.2) is 36.9 Å². The highest BCUT2D eigenvalue weighted by atomic mass is 16.2. The number of anilines is 1. The zero-order valence-electron chi connectivity index (χ0n) is 18.1. The van der Waals surface area contributed by atoms with Crippen molar-refractivity contribution in [2.24, 2.45) is 0 Å². The Labute approximate surface area is 178 Å². The number of carbonyl (C=O) groups excluding carboxylic acids is 2. The number of hydrogen-bond donors (Lipinski definition) is 2. The molecule has 156 valence electrons. The maximum Gasteiger partial charge on any atom is 0.243 e. The van der Waals surface area contributed by atoms with Gasteiger partial charge in [0.1, 0.15) is 0 Å². The minimum atomic E-state index is -0.226. The van der Waals surface area contributed by atoms with Crippen molar-refractivity contribution in [3.05, 3.63) is 76.9 Å². The number of fused-ring (bicyclic) bond motifs is 1. The molecule has 0 atom stereocenters. The lowest BCUT2D eigenvalue weighted by molar-refractivity contribution is -0.124. The van der Waals surface area contributed by atoms with E-state index in [9.17, 15) is 9.59 Å². The van der Waals surface area contributed by atoms with E-state index in [-0.39, 0.29) is 24.9 Å². The monoisotopic (exact) mass is 403 g/mol. The number of hydrogen-bond acceptors (Lipinski definition) is 3. The molecule has 0 heterocycles. The molecule has 2 amide bonds. The Kier molecular flexibility index (Phi) is 6.85. The standard InChI is InChI=1S/C25H29N3O2/c1-17-11-18(2)25(19(3)12-17)27-23(29)14-26-24(30)16-28(4)15-20-9-10-21-7-5-6-8-22(21)13-20/h5-13H,14-16H2,1-4H3,(H,26,30)(H,27,29). The molecule has 5 heteroatoms. The number of amides is 2. The largest absolute Gasteiger partial charge is 0.346 e. The molecule has 30 heavy (non-hydrogen) atoms. The Morgan fingerprint density at radius 1 is 0.867 bits per heavy atom. The minimum absolute atomic E-state index is 0.0462. The summed E-state index contributed by atoms with van der Waals surface area (Å²) in [6, 6.07) is 18.6. The van der Waals surface area contributed by atoms with Gasteiger partial charge in [-0.3, -0.25) is 14.5 Å². The normalized spacial score (nSPS) is 11.0. The average Bonchev–Trinajstić information content (AvgIpc) is 2.69. The lowest BCUT2D eigenvalue weighted by Crippen LogP contribution is -2.39. The predicted octanol–water partition coefficient (Wildman–Crippen LogP) is 3.95. The van der Waals surface area contributed by atoms with Crippen LogP contribution in [0, 0.1) is 20.8 Å². The van der Waals surface area contributed by atoms with Crippen LogP contribution in [0.25, 0.3) is 10.8 Å². The van der Waals surface area contributed by atoms with E-state index in [2.05, 4.69) is 41.0 Å². The maximum atomic E-state index is 12.3. The van der Waals surface area contributed by atoms with E-state index in [1.807, 2.05) is 57.0 Å². The van der Waals surface area contributed by atoms with Crippen LogP contribution in [0.15, 0.2) is 54.6 Å². The molecule has 3 aromatic carbocycles. The first-order valence-electron chi connectivity index (χ1n) is 10.1. The number of rotatable bonds is 7. The Hall–Kier alpha value is -3.18. The maximum absolute atomic E-state index is 12.3. The van der Waals surface area contributed by atoms with E-state index in [1.54, 1.807) is 0 Å². The van der Waals surface area contributed by atoms with Crippen molar-refractivity contribution in [1.29, 1.82) is 0 Å². The summed E-state index contributed by atoms with van der Waals surface area (Å²) in [6.07, 6.45) is 0. The molecule has 0 fully saturated rings. The molecule has 0 spiro atoms. The third kappa shape index (κ3) is 5.67. The molecule has 0 bridgehead atoms. The molecule has 0 aliphatic rings. The van der Waals surface area contributed by atoms with Crippen LogP contribution in [0.1, 0.15) is 22.3 Å². The van der Waals surface area contributed by atoms with Crippen molar-refractivity contribution in [2.45, 2.75) is 27.3 Å². The molecule has 0 aromatic heterocycles. The number of aryl methyl sites for hydroxylation is 3. The van der Waals surface area contributed by atoms with Gasteiger partial charge in [-0.25, -0.2) is 0 Å². The number of nitrogens with one attached hydrogen (secondary N) is 2. The third-order valence-electron chi connectivity index (χ3n) is 5.07. The van der Waals surface area contributed by atoms with Crippen LogP contribution >= 0.6 is 0 Å². The van der Waals surface area contributed by atoms with Crippen LogP contribution in [-0.2, 0) is 16.1 Å². The average molecular weight is 404 g/mol. The van der Waals surface area contributed by atoms with Gasteiger partial charge >= 0.3 is 0 Å². The van der Waals surface area contributed by atoms with Gasteiger partial charge in [-0.1, -0.05) is 54.1 Å². The zero-order chi connectivity index (χ0) is 21.7. The first-order valence-corrected chi connectivity index (χ1v) is 10.1.